The number of anilines is 3. The first-order chi connectivity index (χ1) is 24.3. The summed E-state index contributed by atoms with van der Waals surface area (Å²) < 4.78 is 36.6. The molecule has 0 atom stereocenters. The fourth-order valence-electron chi connectivity index (χ4n) is 5.51. The summed E-state index contributed by atoms with van der Waals surface area (Å²) in [5.74, 6) is 1.13. The molecular formula is C37H31N5O4S4. The average Bonchev–Trinajstić information content (AvgIpc) is 3.55. The molecule has 0 spiro atoms. The van der Waals surface area contributed by atoms with Crippen LogP contribution in [0.2, 0.25) is 0 Å². The van der Waals surface area contributed by atoms with Crippen LogP contribution in [0.4, 0.5) is 17.1 Å². The van der Waals surface area contributed by atoms with E-state index in [0.29, 0.717) is 34.5 Å². The zero-order valence-electron chi connectivity index (χ0n) is 27.0. The van der Waals surface area contributed by atoms with E-state index < -0.39 is 10.0 Å². The molecule has 13 heteroatoms. The average molecular weight is 738 g/mol. The van der Waals surface area contributed by atoms with Gasteiger partial charge in [-0.25, -0.2) is 8.42 Å². The van der Waals surface area contributed by atoms with Crippen LogP contribution in [0.1, 0.15) is 5.56 Å². The Labute approximate surface area is 303 Å². The maximum atomic E-state index is 14.1. The summed E-state index contributed by atoms with van der Waals surface area (Å²) >= 11 is 4.59. The quantitative estimate of drug-likeness (QED) is 0.131. The number of carbonyl (C=O) groups excluding carboxylic acids is 1. The highest BCUT2D eigenvalue weighted by Gasteiger charge is 2.29. The van der Waals surface area contributed by atoms with Gasteiger partial charge in [-0.2, -0.15) is 0 Å². The smallest absolute Gasteiger partial charge is 0.261 e. The molecule has 0 saturated carbocycles. The number of sulfonamides is 1. The Kier molecular flexibility index (Phi) is 9.90. The maximum absolute atomic E-state index is 14.1. The largest absolute Gasteiger partial charge is 0.497 e. The molecule has 9 nitrogen and oxygen atoms in total. The number of rotatable bonds is 11. The number of methoxy groups -OCH3 is 1. The summed E-state index contributed by atoms with van der Waals surface area (Å²) in [6.07, 6.45) is 2.02. The van der Waals surface area contributed by atoms with Gasteiger partial charge in [-0.15, -0.1) is 22.0 Å². The van der Waals surface area contributed by atoms with Gasteiger partial charge in [-0.1, -0.05) is 78.1 Å². The van der Waals surface area contributed by atoms with Crippen molar-refractivity contribution in [2.45, 2.75) is 31.3 Å². The van der Waals surface area contributed by atoms with Crippen molar-refractivity contribution in [3.05, 3.63) is 127 Å². The van der Waals surface area contributed by atoms with Crippen LogP contribution < -0.4 is 14.4 Å². The standard InChI is InChI=1S/C37H31N5O4S4/c1-46-28-17-15-27(16-18-28)40-50(44,45)30-12-8-11-26(21-30)36-38-39-37(41(36)23-25-9-4-3-5-10-25)48-24-35(43)42-31-13-6-7-14-33(31)49-34-20-19-29(47-2)22-32(34)42/h3-22,40H,23-24H2,1-2H3. The first-order valence-corrected chi connectivity index (χ1v) is 20.0. The number of nitrogens with zero attached hydrogens (tertiary/aromatic N) is 4. The van der Waals surface area contributed by atoms with Crippen LogP contribution >= 0.6 is 35.3 Å². The van der Waals surface area contributed by atoms with Crippen LogP contribution in [0.3, 0.4) is 0 Å². The van der Waals surface area contributed by atoms with E-state index in [0.717, 1.165) is 31.6 Å². The molecule has 0 radical (unpaired) electrons. The van der Waals surface area contributed by atoms with E-state index in [-0.39, 0.29) is 16.6 Å². The van der Waals surface area contributed by atoms with E-state index in [2.05, 4.69) is 33.1 Å². The number of nitrogens with one attached hydrogen (secondary N) is 1. The van der Waals surface area contributed by atoms with Gasteiger partial charge in [0.05, 0.1) is 35.7 Å². The lowest BCUT2D eigenvalue weighted by Gasteiger charge is -2.31. The molecular weight excluding hydrogens is 707 g/mol. The molecule has 1 aliphatic heterocycles. The Morgan fingerprint density at radius 2 is 1.60 bits per heavy atom. The van der Waals surface area contributed by atoms with Crippen molar-refractivity contribution in [1.29, 1.82) is 0 Å². The Bertz CT molecular complexity index is 2280. The third-order valence-electron chi connectivity index (χ3n) is 7.95. The number of para-hydroxylation sites is 1. The van der Waals surface area contributed by atoms with Gasteiger partial charge in [0.15, 0.2) is 11.0 Å². The minimum Gasteiger partial charge on any atom is -0.497 e. The first-order valence-electron chi connectivity index (χ1n) is 15.5. The lowest BCUT2D eigenvalue weighted by molar-refractivity contribution is -0.115. The molecule has 0 bridgehead atoms. The molecule has 5 aromatic carbocycles. The molecule has 0 saturated heterocycles. The lowest BCUT2D eigenvalue weighted by Crippen LogP contribution is -2.30. The highest BCUT2D eigenvalue weighted by molar-refractivity contribution is 8.00. The summed E-state index contributed by atoms with van der Waals surface area (Å²) in [7, 11) is -2.37. The van der Waals surface area contributed by atoms with Gasteiger partial charge in [-0.3, -0.25) is 19.0 Å². The van der Waals surface area contributed by atoms with Gasteiger partial charge >= 0.3 is 0 Å². The van der Waals surface area contributed by atoms with E-state index in [9.17, 15) is 13.2 Å². The number of fused-ring (bicyclic) bond motifs is 2. The summed E-state index contributed by atoms with van der Waals surface area (Å²) in [4.78, 5) is 19.1. The van der Waals surface area contributed by atoms with Crippen molar-refractivity contribution >= 4 is 68.3 Å². The van der Waals surface area contributed by atoms with E-state index in [1.807, 2.05) is 65.4 Å². The molecule has 0 fully saturated rings. The summed E-state index contributed by atoms with van der Waals surface area (Å²) in [6, 6.07) is 37.3. The fourth-order valence-corrected chi connectivity index (χ4v) is 8.88. The van der Waals surface area contributed by atoms with E-state index in [4.69, 9.17) is 4.74 Å². The lowest BCUT2D eigenvalue weighted by atomic mass is 10.2. The highest BCUT2D eigenvalue weighted by atomic mass is 32.2. The second-order valence-electron chi connectivity index (χ2n) is 11.2. The molecule has 1 aliphatic rings. The van der Waals surface area contributed by atoms with E-state index in [1.165, 1.54) is 17.8 Å². The zero-order chi connectivity index (χ0) is 34.7. The summed E-state index contributed by atoms with van der Waals surface area (Å²) in [5, 5.41) is 9.59. The van der Waals surface area contributed by atoms with Crippen LogP contribution in [0, 0.1) is 0 Å². The second-order valence-corrected chi connectivity index (χ2v) is 15.7. The van der Waals surface area contributed by atoms with Crippen molar-refractivity contribution in [3.63, 3.8) is 0 Å². The fraction of sp³-hybridized carbons (Fsp3) is 0.108. The van der Waals surface area contributed by atoms with Crippen molar-refractivity contribution in [2.24, 2.45) is 0 Å². The summed E-state index contributed by atoms with van der Waals surface area (Å²) in [6.45, 7) is 0.421. The van der Waals surface area contributed by atoms with E-state index >= 15 is 0 Å². The normalized spacial score (nSPS) is 12.2. The number of hydrogen-bond donors (Lipinski definition) is 1. The maximum Gasteiger partial charge on any atom is 0.261 e. The molecule has 1 aromatic heterocycles. The van der Waals surface area contributed by atoms with Gasteiger partial charge in [0.1, 0.15) is 5.75 Å². The Hall–Kier alpha value is -4.69. The topological polar surface area (TPSA) is 106 Å². The third-order valence-corrected chi connectivity index (χ3v) is 12.1. The number of thioether (sulfide) groups is 2. The number of benzene rings is 5. The Balaban J connectivity index is 1.19. The van der Waals surface area contributed by atoms with Crippen molar-refractivity contribution in [2.75, 3.05) is 28.7 Å². The van der Waals surface area contributed by atoms with Gasteiger partial charge in [0.25, 0.3) is 10.0 Å². The molecule has 0 aliphatic carbocycles. The minimum absolute atomic E-state index is 0.0781. The molecule has 1 amide bonds. The Morgan fingerprint density at radius 3 is 2.38 bits per heavy atom. The number of hydrogen-bond acceptors (Lipinski definition) is 9. The molecule has 2 heterocycles. The molecule has 6 aromatic rings. The van der Waals surface area contributed by atoms with Crippen LogP contribution in [-0.2, 0) is 21.4 Å². The molecule has 50 heavy (non-hydrogen) atoms. The predicted molar refractivity (Wildman–Crippen MR) is 201 cm³/mol. The number of carbonyl (C=O) groups is 1. The van der Waals surface area contributed by atoms with Gasteiger partial charge in [0, 0.05) is 25.9 Å². The van der Waals surface area contributed by atoms with Crippen LogP contribution in [0.5, 0.6) is 5.75 Å². The van der Waals surface area contributed by atoms with Crippen molar-refractivity contribution in [1.82, 2.24) is 14.8 Å². The Morgan fingerprint density at radius 1 is 0.840 bits per heavy atom. The highest BCUT2D eigenvalue weighted by Crippen LogP contribution is 2.49. The molecule has 252 valence electrons. The van der Waals surface area contributed by atoms with Crippen molar-refractivity contribution < 1.29 is 17.9 Å². The van der Waals surface area contributed by atoms with Crippen LogP contribution in [-0.4, -0.2) is 48.2 Å². The molecule has 0 unspecified atom stereocenters. The number of aromatic nitrogens is 3. The number of amides is 1. The summed E-state index contributed by atoms with van der Waals surface area (Å²) in [5.41, 5.74) is 3.70. The number of ether oxygens (including phenoxy) is 1. The molecule has 7 rings (SSSR count). The third kappa shape index (κ3) is 7.13. The van der Waals surface area contributed by atoms with Crippen LogP contribution in [0.15, 0.2) is 146 Å². The van der Waals surface area contributed by atoms with Gasteiger partial charge in [-0.05, 0) is 78.5 Å². The van der Waals surface area contributed by atoms with Gasteiger partial charge < -0.3 is 4.74 Å². The van der Waals surface area contributed by atoms with Gasteiger partial charge in [0.2, 0.25) is 5.91 Å². The van der Waals surface area contributed by atoms with Crippen molar-refractivity contribution in [3.8, 4) is 17.1 Å². The first kappa shape index (κ1) is 33.8. The monoisotopic (exact) mass is 737 g/mol. The second kappa shape index (κ2) is 14.7. The van der Waals surface area contributed by atoms with E-state index in [1.54, 1.807) is 78.0 Å². The zero-order valence-corrected chi connectivity index (χ0v) is 30.3. The predicted octanol–water partition coefficient (Wildman–Crippen LogP) is 8.45. The molecule has 1 N–H and O–H groups in total. The van der Waals surface area contributed by atoms with Crippen LogP contribution in [0.25, 0.3) is 11.4 Å². The minimum atomic E-state index is -3.92. The SMILES string of the molecule is COc1ccc(NS(=O)(=O)c2cccc(-c3nnc(SCC(=O)N4c5ccccc5Sc5ccc(SC)cc54)n3Cc3ccccc3)c2)cc1.